The number of hydrogen-bond acceptors (Lipinski definition) is 3. The summed E-state index contributed by atoms with van der Waals surface area (Å²) >= 11 is 0. The molecule has 1 N–H and O–H groups in total. The fourth-order valence-electron chi connectivity index (χ4n) is 2.31. The third-order valence-corrected chi connectivity index (χ3v) is 3.21. The molecule has 0 unspecified atom stereocenters. The summed E-state index contributed by atoms with van der Waals surface area (Å²) < 4.78 is 0. The van der Waals surface area contributed by atoms with E-state index in [0.29, 0.717) is 18.7 Å². The summed E-state index contributed by atoms with van der Waals surface area (Å²) in [6.07, 6.45) is 3.36. The molecule has 0 atom stereocenters. The fraction of sp³-hybridized carbons (Fsp3) is 0.538. The molecule has 1 aliphatic rings. The first kappa shape index (κ1) is 12.0. The highest BCUT2D eigenvalue weighted by atomic mass is 16.3. The van der Waals surface area contributed by atoms with Crippen LogP contribution in [0.4, 0.5) is 0 Å². The molecule has 4 nitrogen and oxygen atoms in total. The van der Waals surface area contributed by atoms with Crippen molar-refractivity contribution in [3.8, 4) is 0 Å². The molecule has 17 heavy (non-hydrogen) atoms. The van der Waals surface area contributed by atoms with Crippen LogP contribution in [0.15, 0.2) is 18.3 Å². The van der Waals surface area contributed by atoms with Crippen LogP contribution in [0, 0.1) is 6.92 Å². The highest BCUT2D eigenvalue weighted by Gasteiger charge is 2.43. The summed E-state index contributed by atoms with van der Waals surface area (Å²) in [5, 5.41) is 10.0. The molecule has 92 valence electrons. The number of aliphatic hydroxyl groups is 1. The van der Waals surface area contributed by atoms with Crippen molar-refractivity contribution in [3.63, 3.8) is 0 Å². The third kappa shape index (κ3) is 2.31. The lowest BCUT2D eigenvalue weighted by Gasteiger charge is -2.46. The standard InChI is InChI=1S/C13H18N2O2/c1-3-6-13(17)8-15(9-13)12(16)11-5-4-7-14-10(11)2/h4-5,7,17H,3,6,8-9H2,1-2H3. The fourth-order valence-corrected chi connectivity index (χ4v) is 2.31. The lowest BCUT2D eigenvalue weighted by Crippen LogP contribution is -2.63. The van der Waals surface area contributed by atoms with Crippen LogP contribution in [-0.2, 0) is 0 Å². The van der Waals surface area contributed by atoms with E-state index in [1.165, 1.54) is 0 Å². The van der Waals surface area contributed by atoms with Crippen molar-refractivity contribution in [1.29, 1.82) is 0 Å². The third-order valence-electron chi connectivity index (χ3n) is 3.21. The topological polar surface area (TPSA) is 53.4 Å². The van der Waals surface area contributed by atoms with Gasteiger partial charge in [-0.05, 0) is 25.5 Å². The molecule has 2 heterocycles. The maximum absolute atomic E-state index is 12.1. The highest BCUT2D eigenvalue weighted by molar-refractivity contribution is 5.95. The number of pyridine rings is 1. The van der Waals surface area contributed by atoms with Gasteiger partial charge in [0.15, 0.2) is 0 Å². The van der Waals surface area contributed by atoms with Crippen molar-refractivity contribution in [2.75, 3.05) is 13.1 Å². The smallest absolute Gasteiger partial charge is 0.255 e. The van der Waals surface area contributed by atoms with Gasteiger partial charge in [0.1, 0.15) is 0 Å². The van der Waals surface area contributed by atoms with Crippen molar-refractivity contribution in [2.24, 2.45) is 0 Å². The molecular weight excluding hydrogens is 216 g/mol. The van der Waals surface area contributed by atoms with Gasteiger partial charge < -0.3 is 10.0 Å². The zero-order valence-corrected chi connectivity index (χ0v) is 10.3. The summed E-state index contributed by atoms with van der Waals surface area (Å²) in [7, 11) is 0. The lowest BCUT2D eigenvalue weighted by molar-refractivity contribution is -0.0860. The first-order chi connectivity index (χ1) is 8.06. The van der Waals surface area contributed by atoms with Gasteiger partial charge in [-0.2, -0.15) is 0 Å². The van der Waals surface area contributed by atoms with E-state index in [2.05, 4.69) is 4.98 Å². The summed E-state index contributed by atoms with van der Waals surface area (Å²) in [6, 6.07) is 3.54. The Balaban J connectivity index is 2.03. The molecule has 1 fully saturated rings. The van der Waals surface area contributed by atoms with Crippen molar-refractivity contribution >= 4 is 5.91 Å². The monoisotopic (exact) mass is 234 g/mol. The Morgan fingerprint density at radius 1 is 1.59 bits per heavy atom. The minimum absolute atomic E-state index is 0.0311. The van der Waals surface area contributed by atoms with Crippen LogP contribution >= 0.6 is 0 Å². The number of rotatable bonds is 3. The molecule has 0 saturated carbocycles. The molecule has 0 aliphatic carbocycles. The Hall–Kier alpha value is -1.42. The van der Waals surface area contributed by atoms with E-state index in [9.17, 15) is 9.90 Å². The van der Waals surface area contributed by atoms with Gasteiger partial charge in [-0.3, -0.25) is 9.78 Å². The van der Waals surface area contributed by atoms with E-state index in [1.807, 2.05) is 13.8 Å². The van der Waals surface area contributed by atoms with E-state index in [1.54, 1.807) is 23.2 Å². The number of carbonyl (C=O) groups excluding carboxylic acids is 1. The zero-order chi connectivity index (χ0) is 12.5. The van der Waals surface area contributed by atoms with E-state index < -0.39 is 5.60 Å². The van der Waals surface area contributed by atoms with Crippen LogP contribution in [0.2, 0.25) is 0 Å². The van der Waals surface area contributed by atoms with Gasteiger partial charge in [0.2, 0.25) is 0 Å². The summed E-state index contributed by atoms with van der Waals surface area (Å²) in [4.78, 5) is 17.9. The molecule has 0 radical (unpaired) electrons. The van der Waals surface area contributed by atoms with Crippen molar-refractivity contribution in [3.05, 3.63) is 29.6 Å². The number of amides is 1. The Labute approximate surface area is 101 Å². The predicted octanol–water partition coefficient (Wildman–Crippen LogP) is 1.38. The van der Waals surface area contributed by atoms with Crippen LogP contribution in [-0.4, -0.2) is 39.6 Å². The maximum atomic E-state index is 12.1. The van der Waals surface area contributed by atoms with Crippen molar-refractivity contribution in [2.45, 2.75) is 32.3 Å². The molecule has 1 aliphatic heterocycles. The Kier molecular flexibility index (Phi) is 3.15. The van der Waals surface area contributed by atoms with Gasteiger partial charge in [-0.15, -0.1) is 0 Å². The minimum atomic E-state index is -0.666. The molecule has 0 bridgehead atoms. The maximum Gasteiger partial charge on any atom is 0.255 e. The number of β-amino-alcohol motifs (C(OH)–C–C–N with tert-alkyl or cyclic N) is 1. The number of nitrogens with zero attached hydrogens (tertiary/aromatic N) is 2. The quantitative estimate of drug-likeness (QED) is 0.859. The predicted molar refractivity (Wildman–Crippen MR) is 64.7 cm³/mol. The average Bonchev–Trinajstić information content (AvgIpc) is 2.26. The Bertz CT molecular complexity index is 425. The van der Waals surface area contributed by atoms with Crippen molar-refractivity contribution < 1.29 is 9.90 Å². The lowest BCUT2D eigenvalue weighted by atomic mass is 9.88. The first-order valence-electron chi connectivity index (χ1n) is 5.99. The van der Waals surface area contributed by atoms with Crippen LogP contribution in [0.25, 0.3) is 0 Å². The molecule has 1 aromatic rings. The highest BCUT2D eigenvalue weighted by Crippen LogP contribution is 2.27. The molecular formula is C13H18N2O2. The largest absolute Gasteiger partial charge is 0.386 e. The second kappa shape index (κ2) is 4.45. The Morgan fingerprint density at radius 2 is 2.29 bits per heavy atom. The van der Waals surface area contributed by atoms with Crippen LogP contribution in [0.1, 0.15) is 35.8 Å². The summed E-state index contributed by atoms with van der Waals surface area (Å²) in [5.41, 5.74) is 0.704. The zero-order valence-electron chi connectivity index (χ0n) is 10.3. The van der Waals surface area contributed by atoms with Gasteiger partial charge >= 0.3 is 0 Å². The van der Waals surface area contributed by atoms with Gasteiger partial charge in [0.05, 0.1) is 24.3 Å². The SMILES string of the molecule is CCCC1(O)CN(C(=O)c2cccnc2C)C1. The molecule has 0 aromatic carbocycles. The molecule has 2 rings (SSSR count). The average molecular weight is 234 g/mol. The number of hydrogen-bond donors (Lipinski definition) is 1. The summed E-state index contributed by atoms with van der Waals surface area (Å²) in [6.45, 7) is 4.74. The van der Waals surface area contributed by atoms with Crippen LogP contribution in [0.3, 0.4) is 0 Å². The van der Waals surface area contributed by atoms with Crippen molar-refractivity contribution in [1.82, 2.24) is 9.88 Å². The molecule has 1 saturated heterocycles. The van der Waals surface area contributed by atoms with E-state index in [4.69, 9.17) is 0 Å². The second-order valence-corrected chi connectivity index (χ2v) is 4.77. The van der Waals surface area contributed by atoms with E-state index in [0.717, 1.165) is 18.5 Å². The molecule has 4 heteroatoms. The normalized spacial score (nSPS) is 17.7. The van der Waals surface area contributed by atoms with Gasteiger partial charge in [-0.1, -0.05) is 13.3 Å². The van der Waals surface area contributed by atoms with Gasteiger partial charge in [0, 0.05) is 11.9 Å². The minimum Gasteiger partial charge on any atom is -0.386 e. The van der Waals surface area contributed by atoms with Gasteiger partial charge in [-0.25, -0.2) is 0 Å². The molecule has 0 spiro atoms. The summed E-state index contributed by atoms with van der Waals surface area (Å²) in [5.74, 6) is -0.0311. The number of likely N-dealkylation sites (tertiary alicyclic amines) is 1. The second-order valence-electron chi connectivity index (χ2n) is 4.77. The number of aromatic nitrogens is 1. The van der Waals surface area contributed by atoms with Crippen LogP contribution in [0.5, 0.6) is 0 Å². The van der Waals surface area contributed by atoms with Crippen LogP contribution < -0.4 is 0 Å². The molecule has 1 amide bonds. The number of carbonyl (C=O) groups is 1. The van der Waals surface area contributed by atoms with E-state index >= 15 is 0 Å². The Morgan fingerprint density at radius 3 is 2.88 bits per heavy atom. The van der Waals surface area contributed by atoms with E-state index in [-0.39, 0.29) is 5.91 Å². The first-order valence-corrected chi connectivity index (χ1v) is 5.99. The van der Waals surface area contributed by atoms with Gasteiger partial charge in [0.25, 0.3) is 5.91 Å². The molecule has 1 aromatic heterocycles. The number of aryl methyl sites for hydroxylation is 1.